The monoisotopic (exact) mass is 351 g/mol. The third-order valence-corrected chi connectivity index (χ3v) is 4.45. The highest BCUT2D eigenvalue weighted by molar-refractivity contribution is 8.00. The lowest BCUT2D eigenvalue weighted by Gasteiger charge is -2.18. The van der Waals surface area contributed by atoms with Crippen molar-refractivity contribution in [1.82, 2.24) is 4.98 Å². The first-order valence-corrected chi connectivity index (χ1v) is 8.46. The van der Waals surface area contributed by atoms with E-state index in [0.717, 1.165) is 10.6 Å². The first-order chi connectivity index (χ1) is 12.1. The Labute approximate surface area is 149 Å². The summed E-state index contributed by atoms with van der Waals surface area (Å²) in [6.45, 7) is 0. The summed E-state index contributed by atoms with van der Waals surface area (Å²) in [5.74, 6) is -0.269. The zero-order valence-electron chi connectivity index (χ0n) is 13.6. The Morgan fingerprint density at radius 2 is 1.84 bits per heavy atom. The lowest BCUT2D eigenvalue weighted by atomic mass is 10.2. The second-order valence-corrected chi connectivity index (χ2v) is 6.55. The van der Waals surface area contributed by atoms with Crippen LogP contribution in [-0.4, -0.2) is 17.9 Å². The number of anilines is 2. The molecule has 5 nitrogen and oxygen atoms in total. The van der Waals surface area contributed by atoms with Crippen LogP contribution in [0.15, 0.2) is 82.6 Å². The molecule has 0 aliphatic rings. The van der Waals surface area contributed by atoms with Crippen LogP contribution in [0.3, 0.4) is 0 Å². The van der Waals surface area contributed by atoms with E-state index in [-0.39, 0.29) is 11.5 Å². The molecule has 0 spiro atoms. The van der Waals surface area contributed by atoms with Gasteiger partial charge in [-0.2, -0.15) is 0 Å². The molecule has 0 saturated carbocycles. The van der Waals surface area contributed by atoms with Gasteiger partial charge in [-0.25, -0.2) is 0 Å². The van der Waals surface area contributed by atoms with Crippen LogP contribution < -0.4 is 15.2 Å². The van der Waals surface area contributed by atoms with Crippen molar-refractivity contribution in [3.8, 4) is 0 Å². The zero-order chi connectivity index (χ0) is 17.6. The molecule has 0 saturated heterocycles. The van der Waals surface area contributed by atoms with Crippen molar-refractivity contribution in [2.24, 2.45) is 0 Å². The van der Waals surface area contributed by atoms with Crippen molar-refractivity contribution >= 4 is 29.2 Å². The molecule has 0 fully saturated rings. The number of hydrogen-bond acceptors (Lipinski definition) is 4. The normalized spacial score (nSPS) is 10.3. The molecule has 3 aromatic rings. The molecule has 1 amide bonds. The minimum absolute atomic E-state index is 0.237. The summed E-state index contributed by atoms with van der Waals surface area (Å²) >= 11 is 1.57. The van der Waals surface area contributed by atoms with Crippen molar-refractivity contribution < 1.29 is 4.79 Å². The Balaban J connectivity index is 1.70. The van der Waals surface area contributed by atoms with E-state index in [1.54, 1.807) is 11.9 Å². The fourth-order valence-corrected chi connectivity index (χ4v) is 3.10. The van der Waals surface area contributed by atoms with E-state index in [4.69, 9.17) is 0 Å². The van der Waals surface area contributed by atoms with E-state index in [1.807, 2.05) is 61.6 Å². The summed E-state index contributed by atoms with van der Waals surface area (Å²) in [6, 6.07) is 20.5. The van der Waals surface area contributed by atoms with Gasteiger partial charge in [0.15, 0.2) is 0 Å². The van der Waals surface area contributed by atoms with Gasteiger partial charge in [0.1, 0.15) is 0 Å². The fourth-order valence-electron chi connectivity index (χ4n) is 2.23. The standard InChI is InChI=1S/C19H17N3O2S/c1-22(16-7-3-2-4-8-16)25-17-9-5-6-15(12-17)21-19(24)14-10-11-18(23)20-13-14/h2-13H,1H3,(H,20,23)(H,21,24). The van der Waals surface area contributed by atoms with Crippen LogP contribution in [0.4, 0.5) is 11.4 Å². The van der Waals surface area contributed by atoms with Crippen LogP contribution in [0, 0.1) is 0 Å². The second kappa shape index (κ2) is 7.72. The van der Waals surface area contributed by atoms with Crippen LogP contribution in [0.25, 0.3) is 0 Å². The number of nitrogens with zero attached hydrogens (tertiary/aromatic N) is 1. The number of aromatic nitrogens is 1. The summed E-state index contributed by atoms with van der Waals surface area (Å²) in [6.07, 6.45) is 1.40. The predicted molar refractivity (Wildman–Crippen MR) is 102 cm³/mol. The Morgan fingerprint density at radius 1 is 1.04 bits per heavy atom. The molecular weight excluding hydrogens is 334 g/mol. The molecule has 0 atom stereocenters. The maximum Gasteiger partial charge on any atom is 0.257 e. The Morgan fingerprint density at radius 3 is 2.56 bits per heavy atom. The van der Waals surface area contributed by atoms with E-state index in [1.165, 1.54) is 18.3 Å². The average Bonchev–Trinajstić information content (AvgIpc) is 2.63. The van der Waals surface area contributed by atoms with Crippen LogP contribution in [-0.2, 0) is 0 Å². The van der Waals surface area contributed by atoms with E-state index in [0.29, 0.717) is 11.3 Å². The molecule has 6 heteroatoms. The number of hydrogen-bond donors (Lipinski definition) is 2. The Kier molecular flexibility index (Phi) is 5.20. The third-order valence-electron chi connectivity index (χ3n) is 3.50. The minimum Gasteiger partial charge on any atom is -0.328 e. The van der Waals surface area contributed by atoms with Gasteiger partial charge in [0, 0.05) is 35.6 Å². The molecule has 0 aliphatic heterocycles. The molecule has 0 radical (unpaired) electrons. The Bertz CT molecular complexity index is 905. The number of carbonyl (C=O) groups is 1. The molecule has 0 bridgehead atoms. The fraction of sp³-hybridized carbons (Fsp3) is 0.0526. The van der Waals surface area contributed by atoms with Gasteiger partial charge >= 0.3 is 0 Å². The van der Waals surface area contributed by atoms with Crippen LogP contribution in [0.2, 0.25) is 0 Å². The summed E-state index contributed by atoms with van der Waals surface area (Å²) in [4.78, 5) is 26.8. The molecule has 1 aromatic heterocycles. The average molecular weight is 351 g/mol. The van der Waals surface area contributed by atoms with Gasteiger partial charge < -0.3 is 14.6 Å². The van der Waals surface area contributed by atoms with Gasteiger partial charge in [-0.3, -0.25) is 9.59 Å². The maximum atomic E-state index is 12.2. The second-order valence-electron chi connectivity index (χ2n) is 5.35. The number of aromatic amines is 1. The molecule has 0 aliphatic carbocycles. The summed E-state index contributed by atoms with van der Waals surface area (Å²) in [5, 5.41) is 2.84. The van der Waals surface area contributed by atoms with E-state index in [2.05, 4.69) is 14.6 Å². The van der Waals surface area contributed by atoms with Crippen LogP contribution in [0.5, 0.6) is 0 Å². The van der Waals surface area contributed by atoms with E-state index in [9.17, 15) is 9.59 Å². The molecular formula is C19H17N3O2S. The van der Waals surface area contributed by atoms with Gasteiger partial charge in [0.05, 0.1) is 5.56 Å². The topological polar surface area (TPSA) is 65.2 Å². The highest BCUT2D eigenvalue weighted by Gasteiger charge is 2.08. The van der Waals surface area contributed by atoms with Crippen molar-refractivity contribution in [3.05, 3.63) is 88.8 Å². The summed E-state index contributed by atoms with van der Waals surface area (Å²) in [5.41, 5.74) is 1.95. The highest BCUT2D eigenvalue weighted by Crippen LogP contribution is 2.28. The van der Waals surface area contributed by atoms with Crippen molar-refractivity contribution in [3.63, 3.8) is 0 Å². The molecule has 2 N–H and O–H groups in total. The largest absolute Gasteiger partial charge is 0.328 e. The Hall–Kier alpha value is -2.99. The van der Waals surface area contributed by atoms with Gasteiger partial charge in [-0.05, 0) is 48.3 Å². The molecule has 3 rings (SSSR count). The predicted octanol–water partition coefficient (Wildman–Crippen LogP) is 3.77. The first kappa shape index (κ1) is 16.9. The first-order valence-electron chi connectivity index (χ1n) is 7.69. The number of amides is 1. The zero-order valence-corrected chi connectivity index (χ0v) is 14.4. The van der Waals surface area contributed by atoms with Crippen molar-refractivity contribution in [2.75, 3.05) is 16.7 Å². The molecule has 1 heterocycles. The summed E-state index contributed by atoms with van der Waals surface area (Å²) < 4.78 is 2.06. The van der Waals surface area contributed by atoms with Crippen LogP contribution in [0.1, 0.15) is 10.4 Å². The quantitative estimate of drug-likeness (QED) is 0.687. The molecule has 25 heavy (non-hydrogen) atoms. The third kappa shape index (κ3) is 4.51. The summed E-state index contributed by atoms with van der Waals surface area (Å²) in [7, 11) is 1.99. The number of carbonyl (C=O) groups excluding carboxylic acids is 1. The van der Waals surface area contributed by atoms with E-state index >= 15 is 0 Å². The van der Waals surface area contributed by atoms with Crippen molar-refractivity contribution in [2.45, 2.75) is 4.90 Å². The van der Waals surface area contributed by atoms with Crippen LogP contribution >= 0.6 is 11.9 Å². The number of rotatable bonds is 5. The van der Waals surface area contributed by atoms with E-state index < -0.39 is 0 Å². The van der Waals surface area contributed by atoms with Gasteiger partial charge in [-0.15, -0.1) is 0 Å². The number of para-hydroxylation sites is 1. The highest BCUT2D eigenvalue weighted by atomic mass is 32.2. The smallest absolute Gasteiger partial charge is 0.257 e. The number of pyridine rings is 1. The number of nitrogens with one attached hydrogen (secondary N) is 2. The lowest BCUT2D eigenvalue weighted by molar-refractivity contribution is 0.102. The van der Waals surface area contributed by atoms with Crippen molar-refractivity contribution in [1.29, 1.82) is 0 Å². The molecule has 0 unspecified atom stereocenters. The maximum absolute atomic E-state index is 12.2. The minimum atomic E-state index is -0.269. The van der Waals surface area contributed by atoms with Gasteiger partial charge in [-0.1, -0.05) is 24.3 Å². The SMILES string of the molecule is CN(Sc1cccc(NC(=O)c2ccc(=O)[nH]c2)c1)c1ccccc1. The van der Waals surface area contributed by atoms with Gasteiger partial charge in [0.25, 0.3) is 5.91 Å². The molecule has 2 aromatic carbocycles. The number of H-pyrrole nitrogens is 1. The molecule has 126 valence electrons. The number of benzene rings is 2. The lowest BCUT2D eigenvalue weighted by Crippen LogP contribution is -2.14. The van der Waals surface area contributed by atoms with Gasteiger partial charge in [0.2, 0.25) is 5.56 Å².